The van der Waals surface area contributed by atoms with Gasteiger partial charge in [-0.05, 0) is 31.3 Å². The third kappa shape index (κ3) is 3.08. The summed E-state index contributed by atoms with van der Waals surface area (Å²) in [6, 6.07) is 0. The topological polar surface area (TPSA) is 40.5 Å². The zero-order valence-corrected chi connectivity index (χ0v) is 7.08. The predicted octanol–water partition coefficient (Wildman–Crippen LogP) is 0.843. The molecule has 0 aromatic rings. The molecule has 0 spiro atoms. The molecule has 0 amide bonds. The molecule has 0 aliphatic heterocycles. The third-order valence-corrected chi connectivity index (χ3v) is 1.86. The van der Waals surface area contributed by atoms with Crippen LogP contribution in [-0.4, -0.2) is 22.9 Å². The van der Waals surface area contributed by atoms with Crippen LogP contribution in [-0.2, 0) is 0 Å². The second-order valence-corrected chi connectivity index (χ2v) is 2.94. The smallest absolute Gasteiger partial charge is 0.138 e. The highest BCUT2D eigenvalue weighted by atomic mass is 16.3. The van der Waals surface area contributed by atoms with Crippen LogP contribution in [0.2, 0.25) is 0 Å². The molecule has 66 valence electrons. The lowest BCUT2D eigenvalue weighted by Gasteiger charge is -2.05. The van der Waals surface area contributed by atoms with Crippen LogP contribution in [0, 0.1) is 11.8 Å². The van der Waals surface area contributed by atoms with Gasteiger partial charge in [-0.15, -0.1) is 0 Å². The van der Waals surface area contributed by atoms with Gasteiger partial charge in [-0.2, -0.15) is 0 Å². The standard InChI is InChI=1S/C10H14O2/c11-8-10(12)7-6-9-4-2-1-3-5-9/h4,10-12H,1-3,5,8H2/t10-/m1/s1. The molecule has 2 N–H and O–H groups in total. The van der Waals surface area contributed by atoms with E-state index in [0.717, 1.165) is 18.4 Å². The van der Waals surface area contributed by atoms with Gasteiger partial charge in [0.25, 0.3) is 0 Å². The fourth-order valence-electron chi connectivity index (χ4n) is 1.17. The maximum Gasteiger partial charge on any atom is 0.138 e. The summed E-state index contributed by atoms with van der Waals surface area (Å²) in [5, 5.41) is 17.4. The number of allylic oxidation sites excluding steroid dienone is 2. The Balaban J connectivity index is 2.46. The Hall–Kier alpha value is -0.780. The van der Waals surface area contributed by atoms with Crippen molar-refractivity contribution in [1.29, 1.82) is 0 Å². The van der Waals surface area contributed by atoms with Gasteiger partial charge in [0, 0.05) is 0 Å². The summed E-state index contributed by atoms with van der Waals surface area (Å²) in [6.45, 7) is -0.277. The minimum absolute atomic E-state index is 0.277. The average Bonchev–Trinajstić information content (AvgIpc) is 2.16. The van der Waals surface area contributed by atoms with Crippen molar-refractivity contribution in [1.82, 2.24) is 0 Å². The van der Waals surface area contributed by atoms with Crippen molar-refractivity contribution < 1.29 is 10.2 Å². The molecule has 1 aliphatic carbocycles. The van der Waals surface area contributed by atoms with Gasteiger partial charge in [-0.3, -0.25) is 0 Å². The summed E-state index contributed by atoms with van der Waals surface area (Å²) < 4.78 is 0. The molecule has 1 rings (SSSR count). The van der Waals surface area contributed by atoms with Crippen molar-refractivity contribution in [3.05, 3.63) is 11.6 Å². The summed E-state index contributed by atoms with van der Waals surface area (Å²) in [5.41, 5.74) is 1.11. The number of aliphatic hydroxyl groups excluding tert-OH is 2. The zero-order valence-electron chi connectivity index (χ0n) is 7.08. The first-order valence-corrected chi connectivity index (χ1v) is 4.32. The van der Waals surface area contributed by atoms with E-state index in [0.29, 0.717) is 0 Å². The fourth-order valence-corrected chi connectivity index (χ4v) is 1.17. The van der Waals surface area contributed by atoms with Gasteiger partial charge in [-0.1, -0.05) is 17.9 Å². The van der Waals surface area contributed by atoms with E-state index in [1.165, 1.54) is 12.8 Å². The number of hydrogen-bond acceptors (Lipinski definition) is 2. The van der Waals surface area contributed by atoms with Crippen LogP contribution in [0.1, 0.15) is 25.7 Å². The fraction of sp³-hybridized carbons (Fsp3) is 0.600. The lowest BCUT2D eigenvalue weighted by atomic mass is 10.00. The molecule has 1 atom stereocenters. The van der Waals surface area contributed by atoms with Crippen molar-refractivity contribution in [2.45, 2.75) is 31.8 Å². The molecule has 0 aromatic carbocycles. The monoisotopic (exact) mass is 166 g/mol. The molecule has 0 saturated heterocycles. The van der Waals surface area contributed by atoms with Gasteiger partial charge < -0.3 is 10.2 Å². The molecular formula is C10H14O2. The Morgan fingerprint density at radius 3 is 2.92 bits per heavy atom. The predicted molar refractivity (Wildman–Crippen MR) is 47.4 cm³/mol. The van der Waals surface area contributed by atoms with Crippen LogP contribution in [0.4, 0.5) is 0 Å². The molecule has 0 aromatic heterocycles. The number of hydrogen-bond donors (Lipinski definition) is 2. The first-order chi connectivity index (χ1) is 5.83. The van der Waals surface area contributed by atoms with E-state index >= 15 is 0 Å². The highest BCUT2D eigenvalue weighted by molar-refractivity contribution is 5.30. The van der Waals surface area contributed by atoms with Gasteiger partial charge in [-0.25, -0.2) is 0 Å². The second-order valence-electron chi connectivity index (χ2n) is 2.94. The molecule has 0 fully saturated rings. The first-order valence-electron chi connectivity index (χ1n) is 4.32. The minimum atomic E-state index is -0.882. The van der Waals surface area contributed by atoms with E-state index < -0.39 is 6.10 Å². The van der Waals surface area contributed by atoms with E-state index in [1.54, 1.807) is 0 Å². The van der Waals surface area contributed by atoms with Gasteiger partial charge in [0.05, 0.1) is 6.61 Å². The Morgan fingerprint density at radius 1 is 1.50 bits per heavy atom. The molecule has 0 heterocycles. The van der Waals surface area contributed by atoms with Crippen molar-refractivity contribution >= 4 is 0 Å². The van der Waals surface area contributed by atoms with E-state index in [4.69, 9.17) is 10.2 Å². The first kappa shape index (κ1) is 9.31. The summed E-state index contributed by atoms with van der Waals surface area (Å²) in [7, 11) is 0. The Bertz CT molecular complexity index is 220. The molecule has 0 unspecified atom stereocenters. The highest BCUT2D eigenvalue weighted by Gasteiger charge is 2.00. The largest absolute Gasteiger partial charge is 0.393 e. The molecular weight excluding hydrogens is 152 g/mol. The zero-order chi connectivity index (χ0) is 8.81. The van der Waals surface area contributed by atoms with E-state index in [-0.39, 0.29) is 6.61 Å². The van der Waals surface area contributed by atoms with Crippen molar-refractivity contribution in [3.8, 4) is 11.8 Å². The van der Waals surface area contributed by atoms with Gasteiger partial charge in [0.15, 0.2) is 0 Å². The quantitative estimate of drug-likeness (QED) is 0.567. The summed E-state index contributed by atoms with van der Waals surface area (Å²) >= 11 is 0. The lowest BCUT2D eigenvalue weighted by Crippen LogP contribution is -2.08. The maximum absolute atomic E-state index is 8.94. The molecule has 2 nitrogen and oxygen atoms in total. The van der Waals surface area contributed by atoms with E-state index in [2.05, 4.69) is 17.9 Å². The van der Waals surface area contributed by atoms with Gasteiger partial charge in [0.1, 0.15) is 6.10 Å². The molecule has 0 saturated carbocycles. The summed E-state index contributed by atoms with van der Waals surface area (Å²) in [6.07, 6.45) is 5.78. The molecule has 0 radical (unpaired) electrons. The second kappa shape index (κ2) is 4.97. The SMILES string of the molecule is OC[C@H](O)C#CC1=CCCCC1. The maximum atomic E-state index is 8.94. The lowest BCUT2D eigenvalue weighted by molar-refractivity contribution is 0.138. The normalized spacial score (nSPS) is 19.0. The van der Waals surface area contributed by atoms with Crippen LogP contribution >= 0.6 is 0 Å². The number of aliphatic hydroxyl groups is 2. The minimum Gasteiger partial charge on any atom is -0.393 e. The van der Waals surface area contributed by atoms with Crippen molar-refractivity contribution in [2.24, 2.45) is 0 Å². The summed E-state index contributed by atoms with van der Waals surface area (Å²) in [4.78, 5) is 0. The molecule has 12 heavy (non-hydrogen) atoms. The average molecular weight is 166 g/mol. The van der Waals surface area contributed by atoms with Crippen LogP contribution in [0.25, 0.3) is 0 Å². The number of rotatable bonds is 1. The Morgan fingerprint density at radius 2 is 2.33 bits per heavy atom. The third-order valence-electron chi connectivity index (χ3n) is 1.86. The molecule has 0 bridgehead atoms. The van der Waals surface area contributed by atoms with E-state index in [1.807, 2.05) is 0 Å². The summed E-state index contributed by atoms with van der Waals surface area (Å²) in [5.74, 6) is 5.46. The van der Waals surface area contributed by atoms with Crippen molar-refractivity contribution in [3.63, 3.8) is 0 Å². The highest BCUT2D eigenvalue weighted by Crippen LogP contribution is 2.15. The van der Waals surface area contributed by atoms with Crippen molar-refractivity contribution in [2.75, 3.05) is 6.61 Å². The van der Waals surface area contributed by atoms with E-state index in [9.17, 15) is 0 Å². The van der Waals surface area contributed by atoms with Gasteiger partial charge >= 0.3 is 0 Å². The Labute approximate surface area is 72.9 Å². The van der Waals surface area contributed by atoms with Crippen LogP contribution in [0.3, 0.4) is 0 Å². The Kier molecular flexibility index (Phi) is 3.86. The van der Waals surface area contributed by atoms with Crippen LogP contribution in [0.5, 0.6) is 0 Å². The van der Waals surface area contributed by atoms with Gasteiger partial charge in [0.2, 0.25) is 0 Å². The molecule has 1 aliphatic rings. The molecule has 2 heteroatoms. The van der Waals surface area contributed by atoms with Crippen LogP contribution in [0.15, 0.2) is 11.6 Å². The van der Waals surface area contributed by atoms with Crippen LogP contribution < -0.4 is 0 Å².